The highest BCUT2D eigenvalue weighted by molar-refractivity contribution is 5.57. The van der Waals surface area contributed by atoms with Gasteiger partial charge in [-0.1, -0.05) is 24.3 Å². The summed E-state index contributed by atoms with van der Waals surface area (Å²) >= 11 is 0. The summed E-state index contributed by atoms with van der Waals surface area (Å²) in [7, 11) is 0. The molecule has 0 aliphatic heterocycles. The fourth-order valence-corrected chi connectivity index (χ4v) is 4.01. The van der Waals surface area contributed by atoms with Gasteiger partial charge in [0, 0.05) is 5.22 Å². The molecule has 10 heteroatoms. The first kappa shape index (κ1) is 17.9. The van der Waals surface area contributed by atoms with Crippen LogP contribution in [0.15, 0.2) is 40.2 Å². The fraction of sp³-hybridized carbons (Fsp3) is 0.286. The fourth-order valence-electron chi connectivity index (χ4n) is 4.01. The Balaban J connectivity index is 1.48. The van der Waals surface area contributed by atoms with Crippen molar-refractivity contribution in [3.8, 4) is 5.88 Å². The SMILES string of the molecule is O=c1[nH]c(O)c(/C=c2\cnn3c(=NC4CC4)nc(N[C@@H]4CCc5ccccc54)nc23)[nH]1. The van der Waals surface area contributed by atoms with Crippen molar-refractivity contribution in [1.82, 2.24) is 29.5 Å². The first-order valence-electron chi connectivity index (χ1n) is 10.3. The zero-order chi connectivity index (χ0) is 20.9. The van der Waals surface area contributed by atoms with Crippen molar-refractivity contribution in [1.29, 1.82) is 0 Å². The highest BCUT2D eigenvalue weighted by Gasteiger charge is 2.24. The summed E-state index contributed by atoms with van der Waals surface area (Å²) in [5.74, 6) is 0.248. The van der Waals surface area contributed by atoms with Gasteiger partial charge in [-0.3, -0.25) is 4.98 Å². The number of aromatic amines is 2. The van der Waals surface area contributed by atoms with Gasteiger partial charge in [0.1, 0.15) is 5.69 Å². The van der Waals surface area contributed by atoms with Crippen LogP contribution in [-0.4, -0.2) is 40.7 Å². The lowest BCUT2D eigenvalue weighted by Crippen LogP contribution is -2.25. The van der Waals surface area contributed by atoms with Gasteiger partial charge in [-0.25, -0.2) is 9.79 Å². The van der Waals surface area contributed by atoms with Crippen molar-refractivity contribution in [3.63, 3.8) is 0 Å². The summed E-state index contributed by atoms with van der Waals surface area (Å²) in [6.07, 6.45) is 7.32. The topological polar surface area (TPSA) is 136 Å². The quantitative estimate of drug-likeness (QED) is 0.384. The lowest BCUT2D eigenvalue weighted by molar-refractivity contribution is 0.454. The molecule has 0 bridgehead atoms. The van der Waals surface area contributed by atoms with Crippen LogP contribution in [0.4, 0.5) is 5.95 Å². The van der Waals surface area contributed by atoms with Crippen molar-refractivity contribution in [2.45, 2.75) is 37.8 Å². The number of nitrogens with one attached hydrogen (secondary N) is 3. The van der Waals surface area contributed by atoms with E-state index in [1.54, 1.807) is 16.8 Å². The van der Waals surface area contributed by atoms with E-state index in [4.69, 9.17) is 9.98 Å². The number of aryl methyl sites for hydroxylation is 1. The molecule has 3 heterocycles. The molecule has 4 N–H and O–H groups in total. The number of imidazole rings is 1. The minimum Gasteiger partial charge on any atom is -0.493 e. The Morgan fingerprint density at radius 2 is 2.06 bits per heavy atom. The van der Waals surface area contributed by atoms with E-state index in [2.05, 4.69) is 43.6 Å². The number of aromatic hydroxyl groups is 1. The summed E-state index contributed by atoms with van der Waals surface area (Å²) in [6.45, 7) is 0. The number of benzene rings is 1. The van der Waals surface area contributed by atoms with E-state index >= 15 is 0 Å². The maximum Gasteiger partial charge on any atom is 0.326 e. The molecule has 4 aromatic rings. The van der Waals surface area contributed by atoms with Crippen molar-refractivity contribution >= 4 is 17.7 Å². The molecular weight excluding hydrogens is 396 g/mol. The van der Waals surface area contributed by atoms with E-state index in [9.17, 15) is 9.90 Å². The largest absolute Gasteiger partial charge is 0.493 e. The average Bonchev–Trinajstić information content (AvgIpc) is 3.20. The van der Waals surface area contributed by atoms with Crippen molar-refractivity contribution in [3.05, 3.63) is 68.6 Å². The third-order valence-corrected chi connectivity index (χ3v) is 5.69. The molecule has 0 spiro atoms. The molecule has 156 valence electrons. The van der Waals surface area contributed by atoms with Crippen molar-refractivity contribution < 1.29 is 5.11 Å². The molecule has 2 aliphatic carbocycles. The van der Waals surface area contributed by atoms with Gasteiger partial charge in [0.25, 0.3) is 5.62 Å². The summed E-state index contributed by atoms with van der Waals surface area (Å²) in [5, 5.41) is 18.4. The van der Waals surface area contributed by atoms with E-state index < -0.39 is 5.69 Å². The second kappa shape index (κ2) is 6.79. The number of fused-ring (bicyclic) bond motifs is 2. The number of aromatic nitrogens is 6. The summed E-state index contributed by atoms with van der Waals surface area (Å²) < 4.78 is 1.60. The van der Waals surface area contributed by atoms with Gasteiger partial charge in [-0.2, -0.15) is 19.6 Å². The molecule has 1 atom stereocenters. The first-order valence-corrected chi connectivity index (χ1v) is 10.3. The molecule has 3 aromatic heterocycles. The standard InChI is InChI=1S/C21H20N8O2/c30-18-16(25-21(31)27-18)9-12-10-22-29-17(12)26-19(28-20(29)23-13-6-7-13)24-15-8-5-11-3-1-2-4-14(11)15/h1-4,9-10,13,15,30H,5-8H2,(H,23,24,28)(H2,25,27,31)/b12-9+/t15-/m1/s1. The van der Waals surface area contributed by atoms with Crippen LogP contribution in [0.5, 0.6) is 5.88 Å². The molecule has 31 heavy (non-hydrogen) atoms. The van der Waals surface area contributed by atoms with Crippen molar-refractivity contribution in [2.24, 2.45) is 4.99 Å². The Bertz CT molecular complexity index is 1480. The average molecular weight is 416 g/mol. The third kappa shape index (κ3) is 3.25. The molecule has 2 aliphatic rings. The zero-order valence-corrected chi connectivity index (χ0v) is 16.5. The Kier molecular flexibility index (Phi) is 3.92. The van der Waals surface area contributed by atoms with Gasteiger partial charge >= 0.3 is 5.69 Å². The molecule has 10 nitrogen and oxygen atoms in total. The molecular formula is C21H20N8O2. The van der Waals surface area contributed by atoms with Crippen LogP contribution in [0.1, 0.15) is 42.1 Å². The highest BCUT2D eigenvalue weighted by atomic mass is 16.3. The van der Waals surface area contributed by atoms with Gasteiger partial charge in [0.2, 0.25) is 11.8 Å². The summed E-state index contributed by atoms with van der Waals surface area (Å²) in [6, 6.07) is 8.80. The van der Waals surface area contributed by atoms with Crippen LogP contribution < -0.4 is 21.8 Å². The predicted octanol–water partition coefficient (Wildman–Crippen LogP) is 0.556. The van der Waals surface area contributed by atoms with E-state index in [-0.39, 0.29) is 23.7 Å². The number of hydrogen-bond donors (Lipinski definition) is 4. The van der Waals surface area contributed by atoms with Gasteiger partial charge in [-0.05, 0) is 42.9 Å². The minimum atomic E-state index is -0.485. The molecule has 0 unspecified atom stereocenters. The number of nitrogens with zero attached hydrogens (tertiary/aromatic N) is 5. The van der Waals surface area contributed by atoms with Crippen LogP contribution in [-0.2, 0) is 6.42 Å². The number of anilines is 1. The molecule has 0 radical (unpaired) electrons. The van der Waals surface area contributed by atoms with Crippen LogP contribution in [0, 0.1) is 0 Å². The monoisotopic (exact) mass is 416 g/mol. The van der Waals surface area contributed by atoms with Crippen LogP contribution in [0.3, 0.4) is 0 Å². The van der Waals surface area contributed by atoms with E-state index in [1.165, 1.54) is 11.1 Å². The minimum absolute atomic E-state index is 0.132. The van der Waals surface area contributed by atoms with Crippen LogP contribution in [0.2, 0.25) is 0 Å². The molecule has 0 amide bonds. The van der Waals surface area contributed by atoms with E-state index in [0.29, 0.717) is 22.4 Å². The van der Waals surface area contributed by atoms with E-state index in [1.807, 2.05) is 6.07 Å². The lowest BCUT2D eigenvalue weighted by atomic mass is 10.1. The van der Waals surface area contributed by atoms with Crippen LogP contribution >= 0.6 is 0 Å². The smallest absolute Gasteiger partial charge is 0.326 e. The normalized spacial score (nSPS) is 19.3. The Morgan fingerprint density at radius 3 is 2.87 bits per heavy atom. The maximum atomic E-state index is 11.5. The second-order valence-electron chi connectivity index (χ2n) is 7.96. The maximum absolute atomic E-state index is 11.5. The van der Waals surface area contributed by atoms with Gasteiger partial charge < -0.3 is 15.4 Å². The summed E-state index contributed by atoms with van der Waals surface area (Å²) in [5.41, 5.74) is 3.42. The Labute approximate surface area is 175 Å². The number of hydrogen-bond acceptors (Lipinski definition) is 7. The van der Waals surface area contributed by atoms with Gasteiger partial charge in [0.15, 0.2) is 5.65 Å². The molecule has 0 saturated heterocycles. The molecule has 1 saturated carbocycles. The van der Waals surface area contributed by atoms with Crippen molar-refractivity contribution in [2.75, 3.05) is 5.32 Å². The number of H-pyrrole nitrogens is 2. The molecule has 1 aromatic carbocycles. The second-order valence-corrected chi connectivity index (χ2v) is 7.96. The molecule has 1 fully saturated rings. The summed E-state index contributed by atoms with van der Waals surface area (Å²) in [4.78, 5) is 30.4. The van der Waals surface area contributed by atoms with Crippen LogP contribution in [0.25, 0.3) is 11.7 Å². The van der Waals surface area contributed by atoms with Gasteiger partial charge in [-0.15, -0.1) is 0 Å². The Hall–Kier alpha value is -3.95. The number of rotatable bonds is 4. The lowest BCUT2D eigenvalue weighted by Gasteiger charge is -2.14. The van der Waals surface area contributed by atoms with E-state index in [0.717, 1.165) is 25.7 Å². The molecule has 6 rings (SSSR count). The zero-order valence-electron chi connectivity index (χ0n) is 16.5. The Morgan fingerprint density at radius 1 is 1.19 bits per heavy atom. The highest BCUT2D eigenvalue weighted by Crippen LogP contribution is 2.32. The third-order valence-electron chi connectivity index (χ3n) is 5.69. The first-order chi connectivity index (χ1) is 15.1. The van der Waals surface area contributed by atoms with Gasteiger partial charge in [0.05, 0.1) is 18.3 Å². The predicted molar refractivity (Wildman–Crippen MR) is 112 cm³/mol.